The van der Waals surface area contributed by atoms with Gasteiger partial charge in [0.25, 0.3) is 5.91 Å². The number of hydrogen-bond donors (Lipinski definition) is 0. The van der Waals surface area contributed by atoms with Crippen LogP contribution in [0.3, 0.4) is 0 Å². The Morgan fingerprint density at radius 3 is 2.32 bits per heavy atom. The first kappa shape index (κ1) is 17.3. The highest BCUT2D eigenvalue weighted by Crippen LogP contribution is 2.25. The minimum atomic E-state index is -0.172. The highest BCUT2D eigenvalue weighted by molar-refractivity contribution is 5.96. The minimum Gasteiger partial charge on any atom is -0.469 e. The van der Waals surface area contributed by atoms with Gasteiger partial charge in [0.05, 0.1) is 18.6 Å². The van der Waals surface area contributed by atoms with Crippen molar-refractivity contribution in [3.05, 3.63) is 53.3 Å². The van der Waals surface area contributed by atoms with E-state index in [0.29, 0.717) is 25.9 Å². The average Bonchev–Trinajstić information content (AvgIpc) is 2.95. The molecule has 0 atom stereocenters. The molecule has 0 saturated carbocycles. The average molecular weight is 340 g/mol. The van der Waals surface area contributed by atoms with Crippen LogP contribution in [0, 0.1) is 19.8 Å². The lowest BCUT2D eigenvalue weighted by molar-refractivity contribution is -0.146. The molecule has 1 fully saturated rings. The maximum Gasteiger partial charge on any atom is 0.308 e. The summed E-state index contributed by atoms with van der Waals surface area (Å²) in [7, 11) is 1.41. The Kier molecular flexibility index (Phi) is 4.93. The molecular formula is C20H24N2O3. The molecule has 1 saturated heterocycles. The van der Waals surface area contributed by atoms with Crippen LogP contribution >= 0.6 is 0 Å². The normalized spacial score (nSPS) is 15.2. The van der Waals surface area contributed by atoms with Gasteiger partial charge >= 0.3 is 5.97 Å². The zero-order valence-electron chi connectivity index (χ0n) is 15.0. The fourth-order valence-corrected chi connectivity index (χ4v) is 3.61. The Bertz CT molecular complexity index is 772. The summed E-state index contributed by atoms with van der Waals surface area (Å²) in [6.45, 7) is 5.18. The number of para-hydroxylation sites is 1. The van der Waals surface area contributed by atoms with Crippen molar-refractivity contribution in [2.45, 2.75) is 26.7 Å². The first-order valence-electron chi connectivity index (χ1n) is 8.64. The third-order valence-corrected chi connectivity index (χ3v) is 4.99. The first-order valence-corrected chi connectivity index (χ1v) is 8.64. The van der Waals surface area contributed by atoms with Crippen molar-refractivity contribution in [2.75, 3.05) is 20.2 Å². The number of carbonyl (C=O) groups is 2. The Balaban J connectivity index is 1.79. The molecular weight excluding hydrogens is 316 g/mol. The maximum atomic E-state index is 13.0. The number of benzene rings is 1. The molecule has 132 valence electrons. The minimum absolute atomic E-state index is 0.0404. The van der Waals surface area contributed by atoms with E-state index in [-0.39, 0.29) is 17.8 Å². The lowest BCUT2D eigenvalue weighted by atomic mass is 9.96. The number of piperidine rings is 1. The van der Waals surface area contributed by atoms with Crippen LogP contribution in [-0.2, 0) is 9.53 Å². The van der Waals surface area contributed by atoms with Crippen LogP contribution in [-0.4, -0.2) is 41.5 Å². The number of rotatable bonds is 3. The molecule has 25 heavy (non-hydrogen) atoms. The number of aromatic nitrogens is 1. The van der Waals surface area contributed by atoms with Crippen LogP contribution < -0.4 is 0 Å². The lowest BCUT2D eigenvalue weighted by Gasteiger charge is -2.30. The molecule has 0 bridgehead atoms. The van der Waals surface area contributed by atoms with Crippen molar-refractivity contribution in [1.82, 2.24) is 9.47 Å². The third-order valence-electron chi connectivity index (χ3n) is 4.99. The number of carbonyl (C=O) groups excluding carboxylic acids is 2. The molecule has 1 aliphatic rings. The molecule has 1 amide bonds. The Morgan fingerprint density at radius 1 is 1.08 bits per heavy atom. The summed E-state index contributed by atoms with van der Waals surface area (Å²) in [4.78, 5) is 26.4. The summed E-state index contributed by atoms with van der Waals surface area (Å²) >= 11 is 0. The van der Waals surface area contributed by atoms with E-state index in [0.717, 1.165) is 22.6 Å². The number of likely N-dealkylation sites (tertiary alicyclic amines) is 1. The first-order chi connectivity index (χ1) is 12.0. The van der Waals surface area contributed by atoms with Crippen LogP contribution in [0.25, 0.3) is 5.69 Å². The highest BCUT2D eigenvalue weighted by Gasteiger charge is 2.29. The lowest BCUT2D eigenvalue weighted by Crippen LogP contribution is -2.40. The quantitative estimate of drug-likeness (QED) is 0.807. The summed E-state index contributed by atoms with van der Waals surface area (Å²) in [6.07, 6.45) is 1.33. The van der Waals surface area contributed by atoms with Crippen LogP contribution in [0.1, 0.15) is 34.6 Å². The summed E-state index contributed by atoms with van der Waals surface area (Å²) in [5.74, 6) is -0.223. The smallest absolute Gasteiger partial charge is 0.308 e. The second-order valence-electron chi connectivity index (χ2n) is 6.55. The molecule has 3 rings (SSSR count). The topological polar surface area (TPSA) is 51.5 Å². The zero-order valence-corrected chi connectivity index (χ0v) is 15.0. The van der Waals surface area contributed by atoms with Crippen molar-refractivity contribution in [2.24, 2.45) is 5.92 Å². The van der Waals surface area contributed by atoms with Gasteiger partial charge in [-0.3, -0.25) is 9.59 Å². The van der Waals surface area contributed by atoms with Crippen molar-refractivity contribution in [3.63, 3.8) is 0 Å². The molecule has 0 spiro atoms. The third kappa shape index (κ3) is 3.31. The van der Waals surface area contributed by atoms with Crippen LogP contribution in [0.4, 0.5) is 0 Å². The van der Waals surface area contributed by atoms with Crippen molar-refractivity contribution in [3.8, 4) is 5.69 Å². The molecule has 1 aliphatic heterocycles. The van der Waals surface area contributed by atoms with E-state index in [9.17, 15) is 9.59 Å². The number of ether oxygens (including phenoxy) is 1. The predicted octanol–water partition coefficient (Wildman–Crippen LogP) is 3.12. The van der Waals surface area contributed by atoms with Gasteiger partial charge in [-0.15, -0.1) is 0 Å². The number of nitrogens with zero attached hydrogens (tertiary/aromatic N) is 2. The van der Waals surface area contributed by atoms with Crippen LogP contribution in [0.2, 0.25) is 0 Å². The monoisotopic (exact) mass is 340 g/mol. The van der Waals surface area contributed by atoms with Gasteiger partial charge < -0.3 is 14.2 Å². The highest BCUT2D eigenvalue weighted by atomic mass is 16.5. The van der Waals surface area contributed by atoms with Crippen LogP contribution in [0.5, 0.6) is 0 Å². The predicted molar refractivity (Wildman–Crippen MR) is 95.9 cm³/mol. The number of methoxy groups -OCH3 is 1. The fourth-order valence-electron chi connectivity index (χ4n) is 3.61. The summed E-state index contributed by atoms with van der Waals surface area (Å²) in [5.41, 5.74) is 3.78. The second-order valence-corrected chi connectivity index (χ2v) is 6.55. The van der Waals surface area contributed by atoms with E-state index in [1.807, 2.05) is 55.1 Å². The van der Waals surface area contributed by atoms with E-state index in [2.05, 4.69) is 4.57 Å². The van der Waals surface area contributed by atoms with Gasteiger partial charge in [0.15, 0.2) is 0 Å². The number of amides is 1. The van der Waals surface area contributed by atoms with Crippen molar-refractivity contribution >= 4 is 11.9 Å². The molecule has 0 N–H and O–H groups in total. The molecule has 5 nitrogen and oxygen atoms in total. The van der Waals surface area contributed by atoms with E-state index in [1.54, 1.807) is 0 Å². The van der Waals surface area contributed by atoms with Gasteiger partial charge in [-0.1, -0.05) is 18.2 Å². The molecule has 2 aromatic rings. The van der Waals surface area contributed by atoms with Gasteiger partial charge in [0.1, 0.15) is 0 Å². The van der Waals surface area contributed by atoms with Crippen LogP contribution in [0.15, 0.2) is 36.4 Å². The number of aryl methyl sites for hydroxylation is 1. The summed E-state index contributed by atoms with van der Waals surface area (Å²) < 4.78 is 6.92. The molecule has 1 aromatic heterocycles. The summed E-state index contributed by atoms with van der Waals surface area (Å²) in [6, 6.07) is 12.0. The maximum absolute atomic E-state index is 13.0. The van der Waals surface area contributed by atoms with Gasteiger partial charge in [-0.05, 0) is 44.9 Å². The molecule has 0 unspecified atom stereocenters. The van der Waals surface area contributed by atoms with Crippen molar-refractivity contribution < 1.29 is 14.3 Å². The summed E-state index contributed by atoms with van der Waals surface area (Å²) in [5, 5.41) is 0. The molecule has 2 heterocycles. The Hall–Kier alpha value is -2.56. The Labute approximate surface area is 148 Å². The van der Waals surface area contributed by atoms with Gasteiger partial charge in [0.2, 0.25) is 0 Å². The fraction of sp³-hybridized carbons (Fsp3) is 0.400. The van der Waals surface area contributed by atoms with Crippen molar-refractivity contribution in [1.29, 1.82) is 0 Å². The van der Waals surface area contributed by atoms with E-state index in [1.165, 1.54) is 7.11 Å². The van der Waals surface area contributed by atoms with E-state index >= 15 is 0 Å². The van der Waals surface area contributed by atoms with E-state index in [4.69, 9.17) is 4.74 Å². The molecule has 0 aliphatic carbocycles. The van der Waals surface area contributed by atoms with E-state index < -0.39 is 0 Å². The van der Waals surface area contributed by atoms with Gasteiger partial charge in [0, 0.05) is 30.2 Å². The Morgan fingerprint density at radius 2 is 1.72 bits per heavy atom. The zero-order chi connectivity index (χ0) is 18.0. The molecule has 1 aromatic carbocycles. The molecule has 0 radical (unpaired) electrons. The largest absolute Gasteiger partial charge is 0.469 e. The number of esters is 1. The van der Waals surface area contributed by atoms with Gasteiger partial charge in [-0.2, -0.15) is 0 Å². The van der Waals surface area contributed by atoms with Gasteiger partial charge in [-0.25, -0.2) is 0 Å². The second kappa shape index (κ2) is 7.13. The standard InChI is InChI=1S/C20H24N2O3/c1-14-13-18(15(2)22(14)17-7-5-4-6-8-17)19(23)21-11-9-16(10-12-21)20(24)25-3/h4-8,13,16H,9-12H2,1-3H3. The SMILES string of the molecule is COC(=O)C1CCN(C(=O)c2cc(C)n(-c3ccccc3)c2C)CC1. The molecule has 5 heteroatoms. The number of hydrogen-bond acceptors (Lipinski definition) is 3.